The standard InChI is InChI=1S/C6H12N2O2/c1-5(2)6(3,10)8-4(9)7-5/h10H,1-3H3,(H2,7,8,9). The summed E-state index contributed by atoms with van der Waals surface area (Å²) in [6.45, 7) is 5.07. The Labute approximate surface area is 59.6 Å². The quantitative estimate of drug-likeness (QED) is 0.440. The molecule has 1 atom stereocenters. The molecule has 0 saturated carbocycles. The first-order chi connectivity index (χ1) is 4.35. The van der Waals surface area contributed by atoms with Crippen LogP contribution < -0.4 is 10.6 Å². The van der Waals surface area contributed by atoms with Gasteiger partial charge in [0.2, 0.25) is 0 Å². The number of hydrogen-bond acceptors (Lipinski definition) is 2. The molecule has 4 nitrogen and oxygen atoms in total. The molecule has 4 heteroatoms. The average Bonchev–Trinajstić information content (AvgIpc) is 1.73. The van der Waals surface area contributed by atoms with Crippen molar-refractivity contribution in [1.82, 2.24) is 10.6 Å². The highest BCUT2D eigenvalue weighted by atomic mass is 16.3. The lowest BCUT2D eigenvalue weighted by molar-refractivity contribution is -0.00745. The summed E-state index contributed by atoms with van der Waals surface area (Å²) in [7, 11) is 0. The lowest BCUT2D eigenvalue weighted by Crippen LogP contribution is -2.53. The van der Waals surface area contributed by atoms with Crippen molar-refractivity contribution in [3.63, 3.8) is 0 Å². The van der Waals surface area contributed by atoms with Crippen LogP contribution in [0.3, 0.4) is 0 Å². The van der Waals surface area contributed by atoms with Crippen LogP contribution in [0.4, 0.5) is 4.79 Å². The molecule has 1 fully saturated rings. The van der Waals surface area contributed by atoms with E-state index < -0.39 is 11.3 Å². The van der Waals surface area contributed by atoms with Crippen LogP contribution in [0.1, 0.15) is 20.8 Å². The van der Waals surface area contributed by atoms with Crippen molar-refractivity contribution in [1.29, 1.82) is 0 Å². The number of hydrogen-bond donors (Lipinski definition) is 3. The van der Waals surface area contributed by atoms with Gasteiger partial charge < -0.3 is 15.7 Å². The van der Waals surface area contributed by atoms with Crippen molar-refractivity contribution in [3.8, 4) is 0 Å². The third-order valence-electron chi connectivity index (χ3n) is 2.00. The zero-order valence-electron chi connectivity index (χ0n) is 6.36. The lowest BCUT2D eigenvalue weighted by Gasteiger charge is -2.30. The SMILES string of the molecule is CC1(C)NC(=O)NC1(C)O. The van der Waals surface area contributed by atoms with Gasteiger partial charge in [-0.2, -0.15) is 0 Å². The van der Waals surface area contributed by atoms with Crippen LogP contribution in [-0.4, -0.2) is 22.4 Å². The lowest BCUT2D eigenvalue weighted by atomic mass is 9.94. The van der Waals surface area contributed by atoms with Crippen molar-refractivity contribution in [3.05, 3.63) is 0 Å². The summed E-state index contributed by atoms with van der Waals surface area (Å²) in [5, 5.41) is 14.5. The first-order valence-electron chi connectivity index (χ1n) is 3.18. The molecule has 1 saturated heterocycles. The Kier molecular flexibility index (Phi) is 1.20. The smallest absolute Gasteiger partial charge is 0.317 e. The van der Waals surface area contributed by atoms with Gasteiger partial charge in [0.1, 0.15) is 0 Å². The van der Waals surface area contributed by atoms with Crippen molar-refractivity contribution >= 4 is 6.03 Å². The molecule has 1 aliphatic rings. The fourth-order valence-corrected chi connectivity index (χ4v) is 0.814. The highest BCUT2D eigenvalue weighted by Gasteiger charge is 2.47. The number of carbonyl (C=O) groups excluding carboxylic acids is 1. The summed E-state index contributed by atoms with van der Waals surface area (Å²) in [5.74, 6) is 0. The maximum atomic E-state index is 10.7. The van der Waals surface area contributed by atoms with Gasteiger partial charge in [-0.3, -0.25) is 0 Å². The Morgan fingerprint density at radius 3 is 1.90 bits per heavy atom. The van der Waals surface area contributed by atoms with Gasteiger partial charge in [-0.25, -0.2) is 4.79 Å². The topological polar surface area (TPSA) is 61.4 Å². The van der Waals surface area contributed by atoms with Crippen LogP contribution in [0.15, 0.2) is 0 Å². The van der Waals surface area contributed by atoms with E-state index in [9.17, 15) is 9.90 Å². The number of rotatable bonds is 0. The molecule has 3 N–H and O–H groups in total. The molecule has 58 valence electrons. The minimum Gasteiger partial charge on any atom is -0.369 e. The Balaban J connectivity index is 2.88. The van der Waals surface area contributed by atoms with E-state index in [1.807, 2.05) is 0 Å². The second kappa shape index (κ2) is 1.63. The zero-order valence-corrected chi connectivity index (χ0v) is 6.36. The molecule has 0 aliphatic carbocycles. The summed E-state index contributed by atoms with van der Waals surface area (Å²) in [6.07, 6.45) is 0. The Morgan fingerprint density at radius 1 is 1.30 bits per heavy atom. The maximum Gasteiger partial charge on any atom is 0.317 e. The van der Waals surface area contributed by atoms with Crippen LogP contribution in [0.25, 0.3) is 0 Å². The first-order valence-corrected chi connectivity index (χ1v) is 3.18. The second-order valence-electron chi connectivity index (χ2n) is 3.28. The molecule has 0 spiro atoms. The van der Waals surface area contributed by atoms with Crippen LogP contribution in [0, 0.1) is 0 Å². The zero-order chi connectivity index (χ0) is 7.99. The van der Waals surface area contributed by atoms with Gasteiger partial charge in [-0.15, -0.1) is 0 Å². The largest absolute Gasteiger partial charge is 0.369 e. The fourth-order valence-electron chi connectivity index (χ4n) is 0.814. The number of carbonyl (C=O) groups is 1. The van der Waals surface area contributed by atoms with Crippen molar-refractivity contribution in [2.45, 2.75) is 32.0 Å². The molecule has 2 amide bonds. The van der Waals surface area contributed by atoms with Crippen molar-refractivity contribution in [2.75, 3.05) is 0 Å². The van der Waals surface area contributed by atoms with Gasteiger partial charge in [-0.1, -0.05) is 0 Å². The van der Waals surface area contributed by atoms with Gasteiger partial charge >= 0.3 is 6.03 Å². The van der Waals surface area contributed by atoms with Crippen LogP contribution in [0.5, 0.6) is 0 Å². The maximum absolute atomic E-state index is 10.7. The molecule has 0 radical (unpaired) electrons. The van der Waals surface area contributed by atoms with Gasteiger partial charge in [0.05, 0.1) is 5.54 Å². The van der Waals surface area contributed by atoms with Gasteiger partial charge in [0.25, 0.3) is 0 Å². The van der Waals surface area contributed by atoms with Crippen molar-refractivity contribution < 1.29 is 9.90 Å². The molecule has 1 heterocycles. The summed E-state index contributed by atoms with van der Waals surface area (Å²) >= 11 is 0. The number of amides is 2. The van der Waals surface area contributed by atoms with E-state index >= 15 is 0 Å². The van der Waals surface area contributed by atoms with E-state index in [0.717, 1.165) is 0 Å². The molecule has 0 bridgehead atoms. The van der Waals surface area contributed by atoms with Gasteiger partial charge in [0.15, 0.2) is 5.72 Å². The summed E-state index contributed by atoms with van der Waals surface area (Å²) < 4.78 is 0. The third-order valence-corrected chi connectivity index (χ3v) is 2.00. The van der Waals surface area contributed by atoms with Crippen molar-refractivity contribution in [2.24, 2.45) is 0 Å². The molecular weight excluding hydrogens is 132 g/mol. The predicted molar refractivity (Wildman–Crippen MR) is 36.4 cm³/mol. The Morgan fingerprint density at radius 2 is 1.80 bits per heavy atom. The highest BCUT2D eigenvalue weighted by Crippen LogP contribution is 2.22. The molecular formula is C6H12N2O2. The molecule has 1 rings (SSSR count). The summed E-state index contributed by atoms with van der Waals surface area (Å²) in [6, 6.07) is -0.324. The normalized spacial score (nSPS) is 37.0. The molecule has 10 heavy (non-hydrogen) atoms. The minimum atomic E-state index is -1.15. The van der Waals surface area contributed by atoms with Gasteiger partial charge in [0, 0.05) is 0 Å². The van der Waals surface area contributed by atoms with Gasteiger partial charge in [-0.05, 0) is 20.8 Å². The van der Waals surface area contributed by atoms with E-state index in [4.69, 9.17) is 0 Å². The summed E-state index contributed by atoms with van der Waals surface area (Å²) in [4.78, 5) is 10.7. The third kappa shape index (κ3) is 0.844. The summed E-state index contributed by atoms with van der Waals surface area (Å²) in [5.41, 5.74) is -1.74. The molecule has 0 aromatic rings. The van der Waals surface area contributed by atoms with Crippen LogP contribution >= 0.6 is 0 Å². The second-order valence-corrected chi connectivity index (χ2v) is 3.28. The molecule has 1 unspecified atom stereocenters. The highest BCUT2D eigenvalue weighted by molar-refractivity contribution is 5.78. The van der Waals surface area contributed by atoms with E-state index in [0.29, 0.717) is 0 Å². The molecule has 0 aromatic carbocycles. The Hall–Kier alpha value is -0.770. The Bertz CT molecular complexity index is 157. The number of aliphatic hydroxyl groups is 1. The predicted octanol–water partition coefficient (Wildman–Crippen LogP) is -0.214. The first kappa shape index (κ1) is 7.34. The fraction of sp³-hybridized carbons (Fsp3) is 0.833. The van der Waals surface area contributed by atoms with Crippen LogP contribution in [-0.2, 0) is 0 Å². The van der Waals surface area contributed by atoms with E-state index in [1.165, 1.54) is 0 Å². The van der Waals surface area contributed by atoms with E-state index in [1.54, 1.807) is 20.8 Å². The van der Waals surface area contributed by atoms with E-state index in [2.05, 4.69) is 10.6 Å². The molecule has 0 aromatic heterocycles. The average molecular weight is 144 g/mol. The minimum absolute atomic E-state index is 0.324. The van der Waals surface area contributed by atoms with Crippen LogP contribution in [0.2, 0.25) is 0 Å². The number of urea groups is 1. The van der Waals surface area contributed by atoms with E-state index in [-0.39, 0.29) is 6.03 Å². The monoisotopic (exact) mass is 144 g/mol. The number of nitrogens with one attached hydrogen (secondary N) is 2. The molecule has 1 aliphatic heterocycles.